The van der Waals surface area contributed by atoms with Crippen LogP contribution in [0, 0.1) is 0 Å². The van der Waals surface area contributed by atoms with E-state index in [1.165, 1.54) is 60.8 Å². The predicted octanol–water partition coefficient (Wildman–Crippen LogP) is 8.15. The fraction of sp³-hybridized carbons (Fsp3) is 0.233. The Bertz CT molecular complexity index is 1040. The van der Waals surface area contributed by atoms with Gasteiger partial charge >= 0.3 is 0 Å². The molecular weight excluding hydrogens is 374 g/mol. The SMILES string of the molecule is c1ccc(CCCCCCCc2cccc(-c3ccc(-c4ccccc4)nc3)c2)cc1. The summed E-state index contributed by atoms with van der Waals surface area (Å²) < 4.78 is 0. The summed E-state index contributed by atoms with van der Waals surface area (Å²) in [5, 5.41) is 0. The maximum absolute atomic E-state index is 4.68. The molecule has 4 aromatic rings. The maximum Gasteiger partial charge on any atom is 0.0702 e. The summed E-state index contributed by atoms with van der Waals surface area (Å²) in [5.41, 5.74) is 7.51. The minimum absolute atomic E-state index is 1.02. The van der Waals surface area contributed by atoms with Gasteiger partial charge in [-0.05, 0) is 48.4 Å². The van der Waals surface area contributed by atoms with Gasteiger partial charge in [-0.15, -0.1) is 0 Å². The van der Waals surface area contributed by atoms with Gasteiger partial charge in [0.25, 0.3) is 0 Å². The number of unbranched alkanes of at least 4 members (excludes halogenated alkanes) is 4. The van der Waals surface area contributed by atoms with Gasteiger partial charge in [-0.3, -0.25) is 4.98 Å². The molecule has 31 heavy (non-hydrogen) atoms. The van der Waals surface area contributed by atoms with E-state index in [0.29, 0.717) is 0 Å². The fourth-order valence-corrected chi connectivity index (χ4v) is 4.08. The lowest BCUT2D eigenvalue weighted by atomic mass is 9.99. The van der Waals surface area contributed by atoms with Gasteiger partial charge in [0, 0.05) is 17.3 Å². The third kappa shape index (κ3) is 6.39. The Balaban J connectivity index is 1.23. The smallest absolute Gasteiger partial charge is 0.0702 e. The number of nitrogens with zero attached hydrogens (tertiary/aromatic N) is 1. The highest BCUT2D eigenvalue weighted by atomic mass is 14.7. The van der Waals surface area contributed by atoms with E-state index in [1.54, 1.807) is 0 Å². The molecule has 0 atom stereocenters. The monoisotopic (exact) mass is 405 g/mol. The topological polar surface area (TPSA) is 12.9 Å². The van der Waals surface area contributed by atoms with Gasteiger partial charge in [0.1, 0.15) is 0 Å². The fourth-order valence-electron chi connectivity index (χ4n) is 4.08. The van der Waals surface area contributed by atoms with Crippen molar-refractivity contribution in [3.8, 4) is 22.4 Å². The molecule has 0 spiro atoms. The molecule has 1 heteroatoms. The molecule has 0 amide bonds. The average Bonchev–Trinajstić information content (AvgIpc) is 2.85. The van der Waals surface area contributed by atoms with E-state index in [2.05, 4.69) is 96.0 Å². The minimum atomic E-state index is 1.02. The van der Waals surface area contributed by atoms with Crippen LogP contribution < -0.4 is 0 Å². The number of aromatic nitrogens is 1. The maximum atomic E-state index is 4.68. The molecule has 0 radical (unpaired) electrons. The van der Waals surface area contributed by atoms with Crippen molar-refractivity contribution in [1.29, 1.82) is 0 Å². The van der Waals surface area contributed by atoms with Gasteiger partial charge in [0.2, 0.25) is 0 Å². The second-order valence-corrected chi connectivity index (χ2v) is 8.25. The van der Waals surface area contributed by atoms with E-state index < -0.39 is 0 Å². The van der Waals surface area contributed by atoms with Gasteiger partial charge < -0.3 is 0 Å². The molecule has 0 N–H and O–H groups in total. The molecule has 1 heterocycles. The summed E-state index contributed by atoms with van der Waals surface area (Å²) in [6, 6.07) is 34.4. The standard InChI is InChI=1S/C30H31N/c1(2-6-13-25-14-8-4-9-15-25)3-7-16-26-17-12-20-28(23-26)29-21-22-30(31-24-29)27-18-10-5-11-19-27/h4-5,8-12,14-15,17-24H,1-3,6-7,13,16H2. The number of pyridine rings is 1. The first-order chi connectivity index (χ1) is 15.4. The van der Waals surface area contributed by atoms with Crippen LogP contribution in [0.1, 0.15) is 43.2 Å². The molecule has 3 aromatic carbocycles. The number of aryl methyl sites for hydroxylation is 2. The lowest BCUT2D eigenvalue weighted by Gasteiger charge is -2.07. The molecule has 0 aliphatic carbocycles. The summed E-state index contributed by atoms with van der Waals surface area (Å²) in [5.74, 6) is 0. The lowest BCUT2D eigenvalue weighted by Crippen LogP contribution is -1.90. The van der Waals surface area contributed by atoms with Gasteiger partial charge in [-0.25, -0.2) is 0 Å². The van der Waals surface area contributed by atoms with Crippen LogP contribution in [0.5, 0.6) is 0 Å². The zero-order valence-corrected chi connectivity index (χ0v) is 18.2. The average molecular weight is 406 g/mol. The number of hydrogen-bond acceptors (Lipinski definition) is 1. The third-order valence-electron chi connectivity index (χ3n) is 5.87. The molecule has 0 aliphatic rings. The van der Waals surface area contributed by atoms with Crippen LogP contribution in [0.25, 0.3) is 22.4 Å². The molecule has 0 aliphatic heterocycles. The summed E-state index contributed by atoms with van der Waals surface area (Å²) >= 11 is 0. The summed E-state index contributed by atoms with van der Waals surface area (Å²) in [4.78, 5) is 4.68. The van der Waals surface area contributed by atoms with Crippen molar-refractivity contribution in [1.82, 2.24) is 4.98 Å². The molecule has 0 bridgehead atoms. The van der Waals surface area contributed by atoms with Crippen molar-refractivity contribution in [2.45, 2.75) is 44.9 Å². The van der Waals surface area contributed by atoms with Crippen LogP contribution in [-0.4, -0.2) is 4.98 Å². The van der Waals surface area contributed by atoms with E-state index in [-0.39, 0.29) is 0 Å². The summed E-state index contributed by atoms with van der Waals surface area (Å²) in [6.45, 7) is 0. The first kappa shape index (κ1) is 21.1. The minimum Gasteiger partial charge on any atom is -0.256 e. The van der Waals surface area contributed by atoms with E-state index in [4.69, 9.17) is 0 Å². The molecule has 0 saturated heterocycles. The Hall–Kier alpha value is -3.19. The first-order valence-electron chi connectivity index (χ1n) is 11.5. The van der Waals surface area contributed by atoms with Crippen molar-refractivity contribution in [3.63, 3.8) is 0 Å². The molecule has 1 nitrogen and oxygen atoms in total. The second kappa shape index (κ2) is 11.3. The van der Waals surface area contributed by atoms with Crippen LogP contribution in [0.3, 0.4) is 0 Å². The summed E-state index contributed by atoms with van der Waals surface area (Å²) in [6.07, 6.45) is 10.9. The Morgan fingerprint density at radius 2 is 1.06 bits per heavy atom. The molecular formula is C30H31N. The van der Waals surface area contributed by atoms with Crippen LogP contribution in [0.2, 0.25) is 0 Å². The van der Waals surface area contributed by atoms with Crippen LogP contribution in [0.15, 0.2) is 103 Å². The zero-order valence-electron chi connectivity index (χ0n) is 18.2. The van der Waals surface area contributed by atoms with Crippen LogP contribution >= 0.6 is 0 Å². The zero-order chi connectivity index (χ0) is 21.1. The number of benzene rings is 3. The Labute approximate surface area is 186 Å². The molecule has 156 valence electrons. The van der Waals surface area contributed by atoms with E-state index >= 15 is 0 Å². The Morgan fingerprint density at radius 3 is 1.77 bits per heavy atom. The number of hydrogen-bond donors (Lipinski definition) is 0. The highest BCUT2D eigenvalue weighted by molar-refractivity contribution is 5.67. The molecule has 1 aromatic heterocycles. The Morgan fingerprint density at radius 1 is 0.452 bits per heavy atom. The van der Waals surface area contributed by atoms with Gasteiger partial charge in [-0.1, -0.05) is 110 Å². The van der Waals surface area contributed by atoms with Crippen molar-refractivity contribution in [3.05, 3.63) is 114 Å². The second-order valence-electron chi connectivity index (χ2n) is 8.25. The highest BCUT2D eigenvalue weighted by Gasteiger charge is 2.03. The highest BCUT2D eigenvalue weighted by Crippen LogP contribution is 2.24. The molecule has 0 unspecified atom stereocenters. The lowest BCUT2D eigenvalue weighted by molar-refractivity contribution is 0.613. The summed E-state index contributed by atoms with van der Waals surface area (Å²) in [7, 11) is 0. The molecule has 0 fully saturated rings. The van der Waals surface area contributed by atoms with Crippen molar-refractivity contribution in [2.24, 2.45) is 0 Å². The van der Waals surface area contributed by atoms with Gasteiger partial charge in [-0.2, -0.15) is 0 Å². The van der Waals surface area contributed by atoms with Crippen molar-refractivity contribution < 1.29 is 0 Å². The van der Waals surface area contributed by atoms with E-state index in [1.807, 2.05) is 12.3 Å². The van der Waals surface area contributed by atoms with E-state index in [0.717, 1.165) is 17.7 Å². The van der Waals surface area contributed by atoms with Gasteiger partial charge in [0.15, 0.2) is 0 Å². The van der Waals surface area contributed by atoms with Crippen LogP contribution in [0.4, 0.5) is 0 Å². The van der Waals surface area contributed by atoms with Gasteiger partial charge in [0.05, 0.1) is 5.69 Å². The number of rotatable bonds is 10. The molecule has 4 rings (SSSR count). The Kier molecular flexibility index (Phi) is 7.65. The first-order valence-corrected chi connectivity index (χ1v) is 11.5. The van der Waals surface area contributed by atoms with Crippen LogP contribution in [-0.2, 0) is 12.8 Å². The normalized spacial score (nSPS) is 10.8. The third-order valence-corrected chi connectivity index (χ3v) is 5.87. The van der Waals surface area contributed by atoms with Crippen molar-refractivity contribution >= 4 is 0 Å². The predicted molar refractivity (Wildman–Crippen MR) is 132 cm³/mol. The van der Waals surface area contributed by atoms with E-state index in [9.17, 15) is 0 Å². The largest absolute Gasteiger partial charge is 0.256 e. The molecule has 0 saturated carbocycles. The quantitative estimate of drug-likeness (QED) is 0.243. The van der Waals surface area contributed by atoms with Crippen molar-refractivity contribution in [2.75, 3.05) is 0 Å².